The van der Waals surface area contributed by atoms with Crippen molar-refractivity contribution in [3.05, 3.63) is 10.7 Å². The second-order valence-electron chi connectivity index (χ2n) is 3.97. The van der Waals surface area contributed by atoms with Gasteiger partial charge in [0.15, 0.2) is 5.75 Å². The van der Waals surface area contributed by atoms with Gasteiger partial charge in [-0.2, -0.15) is 0 Å². The number of carbonyl (C=O) groups is 3. The quantitative estimate of drug-likeness (QED) is 0.412. The Morgan fingerprint density at radius 1 is 1.14 bits per heavy atom. The predicted octanol–water partition coefficient (Wildman–Crippen LogP) is 2.98. The third kappa shape index (κ3) is 4.18. The van der Waals surface area contributed by atoms with Crippen LogP contribution in [-0.4, -0.2) is 25.3 Å². The van der Waals surface area contributed by atoms with Crippen molar-refractivity contribution in [2.75, 3.05) is 17.3 Å². The molecule has 0 unspecified atom stereocenters. The van der Waals surface area contributed by atoms with Crippen LogP contribution >= 0.6 is 67.8 Å². The molecule has 0 radical (unpaired) electrons. The fraction of sp³-hybridized carbons (Fsp3) is 0.250. The first kappa shape index (κ1) is 18.9. The van der Waals surface area contributed by atoms with E-state index in [1.165, 1.54) is 18.7 Å². The monoisotopic (exact) mass is 628 g/mol. The minimum absolute atomic E-state index is 0.169. The Balaban J connectivity index is 3.70. The molecule has 6 nitrogen and oxygen atoms in total. The second kappa shape index (κ2) is 7.89. The highest BCUT2D eigenvalue weighted by atomic mass is 127. The zero-order chi connectivity index (χ0) is 16.3. The van der Waals surface area contributed by atoms with Crippen molar-refractivity contribution in [3.63, 3.8) is 0 Å². The van der Waals surface area contributed by atoms with Crippen molar-refractivity contribution in [3.8, 4) is 5.75 Å². The average molecular weight is 628 g/mol. The lowest BCUT2D eigenvalue weighted by molar-refractivity contribution is -0.120. The Labute approximate surface area is 162 Å². The van der Waals surface area contributed by atoms with E-state index in [2.05, 4.69) is 27.9 Å². The van der Waals surface area contributed by atoms with Crippen LogP contribution in [0.5, 0.6) is 5.75 Å². The molecule has 9 heteroatoms. The van der Waals surface area contributed by atoms with Gasteiger partial charge in [-0.1, -0.05) is 0 Å². The van der Waals surface area contributed by atoms with Crippen LogP contribution in [0.25, 0.3) is 0 Å². The number of rotatable bonds is 4. The van der Waals surface area contributed by atoms with E-state index in [0.717, 1.165) is 0 Å². The highest BCUT2D eigenvalue weighted by Crippen LogP contribution is 2.44. The highest BCUT2D eigenvalue weighted by molar-refractivity contribution is 14.1. The van der Waals surface area contributed by atoms with Crippen molar-refractivity contribution in [2.24, 2.45) is 0 Å². The number of ether oxygens (including phenoxy) is 1. The lowest BCUT2D eigenvalue weighted by Gasteiger charge is -2.23. The van der Waals surface area contributed by atoms with Crippen molar-refractivity contribution in [1.29, 1.82) is 0 Å². The third-order valence-electron chi connectivity index (χ3n) is 2.53. The molecule has 0 aliphatic carbocycles. The molecule has 0 spiro atoms. The summed E-state index contributed by atoms with van der Waals surface area (Å²) in [6.07, 6.45) is 0. The van der Waals surface area contributed by atoms with Gasteiger partial charge in [-0.05, 0) is 67.8 Å². The van der Waals surface area contributed by atoms with E-state index >= 15 is 0 Å². The number of carbonyl (C=O) groups excluding carboxylic acids is 3. The standard InChI is InChI=1S/C12H11I3N2O4/c1-5(19)16-10-7(13)11(17(3)6(2)20)9(15)12(8(10)14)21-4-18/h4H,1-3H3,(H,16,19). The Bertz CT molecular complexity index is 619. The molecular formula is C12H11I3N2O4. The summed E-state index contributed by atoms with van der Waals surface area (Å²) in [4.78, 5) is 35.2. The number of anilines is 2. The third-order valence-corrected chi connectivity index (χ3v) is 5.61. The summed E-state index contributed by atoms with van der Waals surface area (Å²) in [5.74, 6) is -0.100. The molecule has 114 valence electrons. The Morgan fingerprint density at radius 3 is 2.14 bits per heavy atom. The Hall–Kier alpha value is -0.180. The summed E-state index contributed by atoms with van der Waals surface area (Å²) in [7, 11) is 1.62. The molecule has 0 fully saturated rings. The van der Waals surface area contributed by atoms with Gasteiger partial charge in [0, 0.05) is 20.9 Å². The molecule has 1 aromatic rings. The van der Waals surface area contributed by atoms with Crippen molar-refractivity contribution in [1.82, 2.24) is 0 Å². The summed E-state index contributed by atoms with van der Waals surface area (Å²) >= 11 is 6.07. The number of amides is 2. The first-order chi connectivity index (χ1) is 9.72. The van der Waals surface area contributed by atoms with Gasteiger partial charge < -0.3 is 15.0 Å². The lowest BCUT2D eigenvalue weighted by Crippen LogP contribution is -2.26. The van der Waals surface area contributed by atoms with Crippen LogP contribution in [0.3, 0.4) is 0 Å². The van der Waals surface area contributed by atoms with Crippen LogP contribution in [0, 0.1) is 10.7 Å². The maximum Gasteiger partial charge on any atom is 0.298 e. The van der Waals surface area contributed by atoms with E-state index in [-0.39, 0.29) is 11.8 Å². The van der Waals surface area contributed by atoms with Crippen LogP contribution in [0.2, 0.25) is 0 Å². The molecule has 1 rings (SSSR count). The SMILES string of the molecule is CC(=O)Nc1c(I)c(OC=O)c(I)c(N(C)C(C)=O)c1I. The molecule has 21 heavy (non-hydrogen) atoms. The molecule has 1 aromatic carbocycles. The van der Waals surface area contributed by atoms with E-state index in [4.69, 9.17) is 4.74 Å². The Kier molecular flexibility index (Phi) is 7.09. The first-order valence-corrected chi connectivity index (χ1v) is 8.78. The van der Waals surface area contributed by atoms with E-state index in [9.17, 15) is 14.4 Å². The number of benzene rings is 1. The smallest absolute Gasteiger partial charge is 0.298 e. The molecule has 0 saturated heterocycles. The largest absolute Gasteiger partial charge is 0.426 e. The minimum Gasteiger partial charge on any atom is -0.426 e. The summed E-state index contributed by atoms with van der Waals surface area (Å²) in [5.41, 5.74) is 1.11. The molecule has 2 amide bonds. The summed E-state index contributed by atoms with van der Waals surface area (Å²) in [6, 6.07) is 0. The number of hydrogen-bond donors (Lipinski definition) is 1. The predicted molar refractivity (Wildman–Crippen MR) is 105 cm³/mol. The molecule has 0 aromatic heterocycles. The fourth-order valence-corrected chi connectivity index (χ4v) is 5.93. The zero-order valence-corrected chi connectivity index (χ0v) is 17.8. The Morgan fingerprint density at radius 2 is 1.71 bits per heavy atom. The molecular weight excluding hydrogens is 617 g/mol. The van der Waals surface area contributed by atoms with Crippen LogP contribution in [0.4, 0.5) is 11.4 Å². The number of nitrogens with zero attached hydrogens (tertiary/aromatic N) is 1. The van der Waals surface area contributed by atoms with Gasteiger partial charge in [0.2, 0.25) is 11.8 Å². The van der Waals surface area contributed by atoms with Crippen LogP contribution in [0.15, 0.2) is 0 Å². The van der Waals surface area contributed by atoms with E-state index < -0.39 is 0 Å². The number of nitrogens with one attached hydrogen (secondary N) is 1. The van der Waals surface area contributed by atoms with Crippen molar-refractivity contribution in [2.45, 2.75) is 13.8 Å². The number of halogens is 3. The summed E-state index contributed by atoms with van der Waals surface area (Å²) < 4.78 is 6.96. The molecule has 0 aliphatic rings. The highest BCUT2D eigenvalue weighted by Gasteiger charge is 2.25. The fourth-order valence-electron chi connectivity index (χ4n) is 1.52. The normalized spacial score (nSPS) is 10.0. The maximum absolute atomic E-state index is 11.7. The molecule has 0 bridgehead atoms. The van der Waals surface area contributed by atoms with Gasteiger partial charge >= 0.3 is 0 Å². The topological polar surface area (TPSA) is 75.7 Å². The molecule has 1 N–H and O–H groups in total. The van der Waals surface area contributed by atoms with Crippen molar-refractivity contribution >= 4 is 97.4 Å². The van der Waals surface area contributed by atoms with Crippen LogP contribution < -0.4 is 15.0 Å². The van der Waals surface area contributed by atoms with Crippen LogP contribution in [0.1, 0.15) is 13.8 Å². The first-order valence-electron chi connectivity index (χ1n) is 5.55. The lowest BCUT2D eigenvalue weighted by atomic mass is 10.2. The minimum atomic E-state index is -0.250. The summed E-state index contributed by atoms with van der Waals surface area (Å²) in [6.45, 7) is 3.14. The van der Waals surface area contributed by atoms with Gasteiger partial charge in [0.25, 0.3) is 6.47 Å². The van der Waals surface area contributed by atoms with Crippen LogP contribution in [-0.2, 0) is 14.4 Å². The molecule has 0 heterocycles. The van der Waals surface area contributed by atoms with Gasteiger partial charge in [-0.3, -0.25) is 14.4 Å². The van der Waals surface area contributed by atoms with Gasteiger partial charge in [0.05, 0.1) is 22.1 Å². The van der Waals surface area contributed by atoms with Gasteiger partial charge in [0.1, 0.15) is 0 Å². The summed E-state index contributed by atoms with van der Waals surface area (Å²) in [5, 5.41) is 2.71. The van der Waals surface area contributed by atoms with E-state index in [1.54, 1.807) is 7.05 Å². The van der Waals surface area contributed by atoms with Gasteiger partial charge in [-0.15, -0.1) is 0 Å². The molecule has 0 aliphatic heterocycles. The maximum atomic E-state index is 11.7. The van der Waals surface area contributed by atoms with Gasteiger partial charge in [-0.25, -0.2) is 0 Å². The van der Waals surface area contributed by atoms with E-state index in [0.29, 0.717) is 34.3 Å². The molecule has 0 saturated carbocycles. The number of hydrogen-bond acceptors (Lipinski definition) is 4. The average Bonchev–Trinajstić information content (AvgIpc) is 2.39. The second-order valence-corrected chi connectivity index (χ2v) is 7.20. The molecule has 0 atom stereocenters. The zero-order valence-electron chi connectivity index (χ0n) is 11.3. The van der Waals surface area contributed by atoms with E-state index in [1.807, 2.05) is 45.2 Å². The van der Waals surface area contributed by atoms with Crippen molar-refractivity contribution < 1.29 is 19.1 Å².